The first-order chi connectivity index (χ1) is 9.69. The monoisotopic (exact) mass is 334 g/mol. The fourth-order valence-electron chi connectivity index (χ4n) is 1.68. The van der Waals surface area contributed by atoms with Crippen LogP contribution >= 0.6 is 23.2 Å². The molecule has 0 bridgehead atoms. The van der Waals surface area contributed by atoms with Crippen LogP contribution in [0.1, 0.15) is 13.8 Å². The summed E-state index contributed by atoms with van der Waals surface area (Å²) in [7, 11) is 1.62. The summed E-state index contributed by atoms with van der Waals surface area (Å²) in [6.45, 7) is 4.40. The van der Waals surface area contributed by atoms with Gasteiger partial charge in [-0.2, -0.15) is 0 Å². The molecule has 0 fully saturated rings. The zero-order valence-corrected chi connectivity index (χ0v) is 13.8. The van der Waals surface area contributed by atoms with Crippen LogP contribution in [0.15, 0.2) is 12.3 Å². The average molecular weight is 335 g/mol. The van der Waals surface area contributed by atoms with Gasteiger partial charge in [-0.3, -0.25) is 0 Å². The van der Waals surface area contributed by atoms with E-state index in [2.05, 4.69) is 15.6 Å². The van der Waals surface area contributed by atoms with Gasteiger partial charge in [0.1, 0.15) is 5.82 Å². The summed E-state index contributed by atoms with van der Waals surface area (Å²) < 4.78 is 0. The van der Waals surface area contributed by atoms with E-state index in [1.807, 2.05) is 0 Å². The number of pyridine rings is 1. The van der Waals surface area contributed by atoms with Crippen molar-refractivity contribution in [2.75, 3.05) is 32.0 Å². The highest BCUT2D eigenvalue weighted by molar-refractivity contribution is 6.35. The van der Waals surface area contributed by atoms with Gasteiger partial charge in [-0.1, -0.05) is 23.2 Å². The van der Waals surface area contributed by atoms with Crippen molar-refractivity contribution in [3.8, 4) is 0 Å². The number of carbonyl (C=O) groups is 1. The molecule has 21 heavy (non-hydrogen) atoms. The highest BCUT2D eigenvalue weighted by Gasteiger charge is 2.18. The molecule has 0 unspecified atom stereocenters. The summed E-state index contributed by atoms with van der Waals surface area (Å²) >= 11 is 11.7. The molecule has 1 heterocycles. The Morgan fingerprint density at radius 2 is 2.10 bits per heavy atom. The fraction of sp³-hybridized carbons (Fsp3) is 0.538. The molecule has 0 radical (unpaired) electrons. The fourth-order valence-corrected chi connectivity index (χ4v) is 2.13. The molecule has 1 aromatic rings. The van der Waals surface area contributed by atoms with Crippen LogP contribution in [-0.4, -0.2) is 53.3 Å². The largest absolute Gasteiger partial charge is 0.389 e. The molecule has 2 amide bonds. The Labute approximate surface area is 134 Å². The molecule has 0 aliphatic carbocycles. The first-order valence-electron chi connectivity index (χ1n) is 6.45. The van der Waals surface area contributed by atoms with Crippen LogP contribution in [0, 0.1) is 0 Å². The summed E-state index contributed by atoms with van der Waals surface area (Å²) in [6.07, 6.45) is 1.49. The van der Waals surface area contributed by atoms with Crippen molar-refractivity contribution < 1.29 is 9.90 Å². The SMILES string of the molecule is CN(CC(C)(C)O)C(=O)NCCNc1ncc(Cl)cc1Cl. The number of aliphatic hydroxyl groups is 1. The highest BCUT2D eigenvalue weighted by Crippen LogP contribution is 2.21. The van der Waals surface area contributed by atoms with Crippen LogP contribution in [0.25, 0.3) is 0 Å². The van der Waals surface area contributed by atoms with Gasteiger partial charge in [-0.15, -0.1) is 0 Å². The Balaban J connectivity index is 2.32. The lowest BCUT2D eigenvalue weighted by Crippen LogP contribution is -2.45. The number of urea groups is 1. The van der Waals surface area contributed by atoms with Crippen LogP contribution in [0.2, 0.25) is 10.0 Å². The smallest absolute Gasteiger partial charge is 0.317 e. The third-order valence-corrected chi connectivity index (χ3v) is 2.97. The minimum Gasteiger partial charge on any atom is -0.389 e. The van der Waals surface area contributed by atoms with Gasteiger partial charge >= 0.3 is 6.03 Å². The van der Waals surface area contributed by atoms with E-state index in [4.69, 9.17) is 23.2 Å². The molecule has 0 saturated heterocycles. The number of nitrogens with zero attached hydrogens (tertiary/aromatic N) is 2. The summed E-state index contributed by atoms with van der Waals surface area (Å²) in [4.78, 5) is 17.2. The van der Waals surface area contributed by atoms with E-state index >= 15 is 0 Å². The maximum absolute atomic E-state index is 11.8. The van der Waals surface area contributed by atoms with Gasteiger partial charge in [0.05, 0.1) is 22.2 Å². The average Bonchev–Trinajstić information content (AvgIpc) is 2.34. The first kappa shape index (κ1) is 17.8. The maximum Gasteiger partial charge on any atom is 0.317 e. The number of anilines is 1. The third kappa shape index (κ3) is 6.84. The van der Waals surface area contributed by atoms with Crippen molar-refractivity contribution in [2.45, 2.75) is 19.4 Å². The summed E-state index contributed by atoms with van der Waals surface area (Å²) in [5, 5.41) is 16.3. The van der Waals surface area contributed by atoms with Crippen molar-refractivity contribution >= 4 is 35.1 Å². The molecular formula is C13H20Cl2N4O2. The van der Waals surface area contributed by atoms with E-state index in [-0.39, 0.29) is 12.6 Å². The van der Waals surface area contributed by atoms with Gasteiger partial charge < -0.3 is 20.6 Å². The van der Waals surface area contributed by atoms with Crippen LogP contribution in [-0.2, 0) is 0 Å². The lowest BCUT2D eigenvalue weighted by molar-refractivity contribution is 0.0532. The Bertz CT molecular complexity index is 492. The molecule has 1 aromatic heterocycles. The number of hydrogen-bond donors (Lipinski definition) is 3. The maximum atomic E-state index is 11.8. The van der Waals surface area contributed by atoms with Gasteiger partial charge in [-0.05, 0) is 19.9 Å². The van der Waals surface area contributed by atoms with E-state index < -0.39 is 5.60 Å². The Morgan fingerprint density at radius 1 is 1.43 bits per heavy atom. The van der Waals surface area contributed by atoms with E-state index in [1.165, 1.54) is 11.1 Å². The highest BCUT2D eigenvalue weighted by atomic mass is 35.5. The molecule has 6 nitrogen and oxygen atoms in total. The van der Waals surface area contributed by atoms with Crippen molar-refractivity contribution in [1.82, 2.24) is 15.2 Å². The van der Waals surface area contributed by atoms with E-state index in [0.717, 1.165) is 0 Å². The normalized spacial score (nSPS) is 11.1. The number of carbonyl (C=O) groups excluding carboxylic acids is 1. The zero-order chi connectivity index (χ0) is 16.0. The Hall–Kier alpha value is -1.24. The second kappa shape index (κ2) is 7.68. The lowest BCUT2D eigenvalue weighted by Gasteiger charge is -2.25. The van der Waals surface area contributed by atoms with Crippen molar-refractivity contribution in [1.29, 1.82) is 0 Å². The number of hydrogen-bond acceptors (Lipinski definition) is 4. The third-order valence-electron chi connectivity index (χ3n) is 2.47. The molecule has 0 aliphatic heterocycles. The molecule has 1 rings (SSSR count). The van der Waals surface area contributed by atoms with Crippen LogP contribution < -0.4 is 10.6 Å². The van der Waals surface area contributed by atoms with Crippen LogP contribution in [0.5, 0.6) is 0 Å². The standard InChI is InChI=1S/C13H20Cl2N4O2/c1-13(2,21)8-19(3)12(20)17-5-4-16-11-10(15)6-9(14)7-18-11/h6-7,21H,4-5,8H2,1-3H3,(H,16,18)(H,17,20). The Kier molecular flexibility index (Phi) is 6.51. The van der Waals surface area contributed by atoms with E-state index in [1.54, 1.807) is 27.0 Å². The van der Waals surface area contributed by atoms with E-state index in [0.29, 0.717) is 29.0 Å². The lowest BCUT2D eigenvalue weighted by atomic mass is 10.1. The van der Waals surface area contributed by atoms with Gasteiger partial charge in [-0.25, -0.2) is 9.78 Å². The van der Waals surface area contributed by atoms with Crippen molar-refractivity contribution in [2.24, 2.45) is 0 Å². The minimum atomic E-state index is -0.926. The molecular weight excluding hydrogens is 315 g/mol. The summed E-state index contributed by atoms with van der Waals surface area (Å²) in [5.74, 6) is 0.514. The van der Waals surface area contributed by atoms with Crippen molar-refractivity contribution in [3.63, 3.8) is 0 Å². The number of aromatic nitrogens is 1. The van der Waals surface area contributed by atoms with Crippen LogP contribution in [0.3, 0.4) is 0 Å². The second-order valence-corrected chi connectivity index (χ2v) is 6.15. The zero-order valence-electron chi connectivity index (χ0n) is 12.3. The van der Waals surface area contributed by atoms with Gasteiger partial charge in [0.15, 0.2) is 0 Å². The number of amides is 2. The molecule has 0 spiro atoms. The Morgan fingerprint density at radius 3 is 2.67 bits per heavy atom. The van der Waals surface area contributed by atoms with Gasteiger partial charge in [0.2, 0.25) is 0 Å². The summed E-state index contributed by atoms with van der Waals surface area (Å²) in [5.41, 5.74) is -0.926. The number of rotatable bonds is 6. The minimum absolute atomic E-state index is 0.247. The predicted octanol–water partition coefficient (Wildman–Crippen LogP) is 2.21. The van der Waals surface area contributed by atoms with E-state index in [9.17, 15) is 9.90 Å². The number of likely N-dealkylation sites (N-methyl/N-ethyl adjacent to an activating group) is 1. The predicted molar refractivity (Wildman–Crippen MR) is 85.1 cm³/mol. The quantitative estimate of drug-likeness (QED) is 0.697. The molecule has 0 aromatic carbocycles. The first-order valence-corrected chi connectivity index (χ1v) is 7.21. The second-order valence-electron chi connectivity index (χ2n) is 5.31. The molecule has 3 N–H and O–H groups in total. The molecule has 8 heteroatoms. The van der Waals surface area contributed by atoms with Crippen molar-refractivity contribution in [3.05, 3.63) is 22.3 Å². The molecule has 0 aliphatic rings. The molecule has 0 saturated carbocycles. The summed E-state index contributed by atoms with van der Waals surface area (Å²) in [6, 6.07) is 1.34. The number of halogens is 2. The van der Waals surface area contributed by atoms with Crippen LogP contribution in [0.4, 0.5) is 10.6 Å². The topological polar surface area (TPSA) is 77.5 Å². The molecule has 118 valence electrons. The van der Waals surface area contributed by atoms with Gasteiger partial charge in [0.25, 0.3) is 0 Å². The number of nitrogens with one attached hydrogen (secondary N) is 2. The van der Waals surface area contributed by atoms with Gasteiger partial charge in [0, 0.05) is 26.3 Å². The molecule has 0 atom stereocenters.